The Morgan fingerprint density at radius 1 is 1.00 bits per heavy atom. The molecule has 0 aromatic heterocycles. The van der Waals surface area contributed by atoms with Crippen molar-refractivity contribution in [2.24, 2.45) is 0 Å². The van der Waals surface area contributed by atoms with Crippen LogP contribution in [0.25, 0.3) is 0 Å². The van der Waals surface area contributed by atoms with Gasteiger partial charge in [-0.05, 0) is 28.5 Å². The quantitative estimate of drug-likeness (QED) is 0.404. The average Bonchev–Trinajstić information content (AvgIpc) is 2.96. The Hall–Kier alpha value is -2.44. The van der Waals surface area contributed by atoms with Gasteiger partial charge < -0.3 is 14.9 Å². The first-order valence-corrected chi connectivity index (χ1v) is 9.39. The molecule has 0 spiro atoms. The first-order chi connectivity index (χ1) is 14.1. The second-order valence-corrected chi connectivity index (χ2v) is 8.43. The van der Waals surface area contributed by atoms with Crippen LogP contribution in [-0.4, -0.2) is 47.5 Å². The van der Waals surface area contributed by atoms with Crippen LogP contribution in [0.1, 0.15) is 28.7 Å². The van der Waals surface area contributed by atoms with Gasteiger partial charge in [0.1, 0.15) is 48.7 Å². The molecule has 2 aromatic rings. The number of nitrogens with zero attached hydrogens (tertiary/aromatic N) is 1. The molecule has 13 heteroatoms. The van der Waals surface area contributed by atoms with E-state index in [0.29, 0.717) is 6.07 Å². The Balaban J connectivity index is 1.99. The average molecular weight is 431 g/mol. The monoisotopic (exact) mass is 431 g/mol. The van der Waals surface area contributed by atoms with E-state index < -0.39 is 51.9 Å². The van der Waals surface area contributed by atoms with Crippen LogP contribution in [0, 0.1) is 17.1 Å². The van der Waals surface area contributed by atoms with Crippen molar-refractivity contribution in [2.75, 3.05) is 0 Å². The maximum Gasteiger partial charge on any atom is 0.346 e. The van der Waals surface area contributed by atoms with Gasteiger partial charge in [-0.1, -0.05) is 0 Å². The SMILES string of the molecule is Bc1c(F)c(B)c(Oc2ccc3c4c2[C@](B)(O)C[C@]4(O)C(F)(F)C3(F)F)c(B)c1C#N. The first-order valence-electron chi connectivity index (χ1n) is 9.39. The lowest BCUT2D eigenvalue weighted by Gasteiger charge is -2.32. The zero-order chi connectivity index (χ0) is 23.3. The predicted molar refractivity (Wildman–Crippen MR) is 112 cm³/mol. The molecule has 0 aliphatic heterocycles. The predicted octanol–water partition coefficient (Wildman–Crippen LogP) is -2.62. The lowest BCUT2D eigenvalue weighted by Crippen LogP contribution is -2.49. The van der Waals surface area contributed by atoms with E-state index in [4.69, 9.17) is 4.74 Å². The maximum atomic E-state index is 14.6. The molecular weight excluding hydrogens is 416 g/mol. The fourth-order valence-electron chi connectivity index (χ4n) is 4.86. The van der Waals surface area contributed by atoms with Gasteiger partial charge in [-0.25, -0.2) is 4.39 Å². The van der Waals surface area contributed by atoms with Gasteiger partial charge in [0.05, 0.1) is 11.6 Å². The number of halogens is 5. The van der Waals surface area contributed by atoms with E-state index in [0.717, 1.165) is 13.9 Å². The Kier molecular flexibility index (Phi) is 4.27. The van der Waals surface area contributed by atoms with Crippen LogP contribution < -0.4 is 21.1 Å². The van der Waals surface area contributed by atoms with E-state index in [1.165, 1.54) is 23.5 Å². The van der Waals surface area contributed by atoms with E-state index in [2.05, 4.69) is 0 Å². The molecule has 0 saturated heterocycles. The van der Waals surface area contributed by atoms with Crippen molar-refractivity contribution in [1.29, 1.82) is 5.26 Å². The molecule has 0 amide bonds. The Bertz CT molecular complexity index is 1210. The van der Waals surface area contributed by atoms with E-state index in [1.54, 1.807) is 0 Å². The molecule has 2 aliphatic rings. The summed E-state index contributed by atoms with van der Waals surface area (Å²) in [7, 11) is 5.41. The number of ether oxygens (including phenoxy) is 1. The van der Waals surface area contributed by atoms with Gasteiger partial charge in [-0.3, -0.25) is 0 Å². The van der Waals surface area contributed by atoms with Gasteiger partial charge in [0.15, 0.2) is 5.60 Å². The van der Waals surface area contributed by atoms with Gasteiger partial charge >= 0.3 is 11.8 Å². The van der Waals surface area contributed by atoms with Crippen molar-refractivity contribution < 1.29 is 36.9 Å². The van der Waals surface area contributed by atoms with Crippen molar-refractivity contribution in [3.05, 3.63) is 40.2 Å². The molecule has 4 nitrogen and oxygen atoms in total. The van der Waals surface area contributed by atoms with Crippen LogP contribution in [0.3, 0.4) is 0 Å². The van der Waals surface area contributed by atoms with Crippen LogP contribution in [0.2, 0.25) is 0 Å². The van der Waals surface area contributed by atoms with Crippen molar-refractivity contribution >= 4 is 47.8 Å². The third-order valence-electron chi connectivity index (χ3n) is 6.38. The van der Waals surface area contributed by atoms with Crippen LogP contribution in [0.4, 0.5) is 22.0 Å². The van der Waals surface area contributed by atoms with Gasteiger partial charge in [-0.2, -0.15) is 22.8 Å². The Morgan fingerprint density at radius 2 is 1.61 bits per heavy atom. The highest BCUT2D eigenvalue weighted by molar-refractivity contribution is 6.47. The summed E-state index contributed by atoms with van der Waals surface area (Å²) < 4.78 is 78.4. The number of hydrogen-bond acceptors (Lipinski definition) is 4. The van der Waals surface area contributed by atoms with Gasteiger partial charge in [0, 0.05) is 28.7 Å². The number of benzene rings is 2. The van der Waals surface area contributed by atoms with Gasteiger partial charge in [-0.15, -0.1) is 0 Å². The van der Waals surface area contributed by atoms with Crippen LogP contribution in [-0.2, 0) is 17.0 Å². The lowest BCUT2D eigenvalue weighted by atomic mass is 9.73. The maximum absolute atomic E-state index is 14.6. The molecule has 0 fully saturated rings. The highest BCUT2D eigenvalue weighted by Crippen LogP contribution is 2.68. The number of aliphatic hydroxyl groups is 2. The van der Waals surface area contributed by atoms with Gasteiger partial charge in [0.2, 0.25) is 0 Å². The second-order valence-electron chi connectivity index (χ2n) is 8.43. The summed E-state index contributed by atoms with van der Waals surface area (Å²) >= 11 is 0. The second kappa shape index (κ2) is 6.08. The van der Waals surface area contributed by atoms with Crippen LogP contribution in [0.15, 0.2) is 12.1 Å². The fraction of sp³-hybridized carbons (Fsp3) is 0.278. The summed E-state index contributed by atoms with van der Waals surface area (Å²) in [6, 6.07) is 3.56. The normalized spacial score (nSPS) is 27.0. The molecule has 31 heavy (non-hydrogen) atoms. The van der Waals surface area contributed by atoms with Crippen molar-refractivity contribution in [1.82, 2.24) is 0 Å². The Labute approximate surface area is 177 Å². The lowest BCUT2D eigenvalue weighted by molar-refractivity contribution is -0.290. The number of rotatable bonds is 2. The fourth-order valence-corrected chi connectivity index (χ4v) is 4.86. The number of hydrogen-bond donors (Lipinski definition) is 2. The van der Waals surface area contributed by atoms with E-state index >= 15 is 0 Å². The first kappa shape index (κ1) is 21.8. The summed E-state index contributed by atoms with van der Waals surface area (Å²) in [6.45, 7) is 0. The Morgan fingerprint density at radius 3 is 2.19 bits per heavy atom. The summed E-state index contributed by atoms with van der Waals surface area (Å²) in [5.41, 5.74) is -7.33. The van der Waals surface area contributed by atoms with E-state index in [1.807, 2.05) is 6.07 Å². The summed E-state index contributed by atoms with van der Waals surface area (Å²) in [4.78, 5) is 0. The zero-order valence-corrected chi connectivity index (χ0v) is 17.0. The molecular formula is C18H14B4F5NO3. The highest BCUT2D eigenvalue weighted by atomic mass is 19.3. The molecule has 0 radical (unpaired) electrons. The molecule has 156 valence electrons. The van der Waals surface area contributed by atoms with Crippen molar-refractivity contribution in [2.45, 2.75) is 29.4 Å². The standard InChI is InChI=1S/C18H14B4F5NO3/c19-10-5(3-28)11(20)14(12(21)13(10)23)31-7-2-1-6-8-9(7)16(22,30)4-15(8,29)18(26,27)17(6,24)25/h1-2,29-30H,4,19-22H2/t15-,16-/m1/s1. The summed E-state index contributed by atoms with van der Waals surface area (Å²) in [6.07, 6.45) is -1.07. The van der Waals surface area contributed by atoms with Gasteiger partial charge in [0.25, 0.3) is 0 Å². The van der Waals surface area contributed by atoms with Crippen molar-refractivity contribution in [3.8, 4) is 17.6 Å². The minimum atomic E-state index is -4.86. The molecule has 2 N–H and O–H groups in total. The number of nitriles is 1. The molecule has 0 bridgehead atoms. The molecule has 2 atom stereocenters. The third kappa shape index (κ3) is 2.40. The zero-order valence-electron chi connectivity index (χ0n) is 17.0. The minimum Gasteiger partial charge on any atom is -0.458 e. The largest absolute Gasteiger partial charge is 0.458 e. The molecule has 0 saturated carbocycles. The molecule has 4 rings (SSSR count). The molecule has 2 aliphatic carbocycles. The molecule has 0 unspecified atom stereocenters. The van der Waals surface area contributed by atoms with Crippen LogP contribution >= 0.6 is 0 Å². The summed E-state index contributed by atoms with van der Waals surface area (Å²) in [5, 5.41) is 30.8. The summed E-state index contributed by atoms with van der Waals surface area (Å²) in [5.74, 6) is -10.6. The highest BCUT2D eigenvalue weighted by Gasteiger charge is 2.80. The smallest absolute Gasteiger partial charge is 0.346 e. The topological polar surface area (TPSA) is 73.5 Å². The van der Waals surface area contributed by atoms with Crippen molar-refractivity contribution in [3.63, 3.8) is 0 Å². The molecule has 2 aromatic carbocycles. The molecule has 0 heterocycles. The number of alkyl halides is 4. The van der Waals surface area contributed by atoms with E-state index in [-0.39, 0.29) is 33.5 Å². The minimum absolute atomic E-state index is 0.0111. The van der Waals surface area contributed by atoms with E-state index in [9.17, 15) is 37.4 Å². The van der Waals surface area contributed by atoms with Crippen LogP contribution in [0.5, 0.6) is 11.5 Å². The third-order valence-corrected chi connectivity index (χ3v) is 6.38.